The molecule has 6 heteroatoms. The highest BCUT2D eigenvalue weighted by atomic mass is 16.2. The molecule has 0 atom stereocenters. The van der Waals surface area contributed by atoms with Crippen molar-refractivity contribution in [1.29, 1.82) is 0 Å². The molecule has 0 spiro atoms. The summed E-state index contributed by atoms with van der Waals surface area (Å²) in [6.07, 6.45) is 4.22. The van der Waals surface area contributed by atoms with Gasteiger partial charge in [0.15, 0.2) is 0 Å². The van der Waals surface area contributed by atoms with Gasteiger partial charge in [-0.25, -0.2) is 4.68 Å². The highest BCUT2D eigenvalue weighted by Gasteiger charge is 2.43. The summed E-state index contributed by atoms with van der Waals surface area (Å²) in [5.41, 5.74) is 5.26. The van der Waals surface area contributed by atoms with E-state index in [-0.39, 0.29) is 11.3 Å². The molecule has 1 fully saturated rings. The normalized spacial score (nSPS) is 18.3. The molecule has 1 heterocycles. The number of carbonyl (C=O) groups is 1. The fraction of sp³-hybridized carbons (Fsp3) is 0.667. The summed E-state index contributed by atoms with van der Waals surface area (Å²) >= 11 is 0. The minimum absolute atomic E-state index is 0.0349. The van der Waals surface area contributed by atoms with Crippen LogP contribution in [0.25, 0.3) is 0 Å². The van der Waals surface area contributed by atoms with Crippen molar-refractivity contribution in [1.82, 2.24) is 14.8 Å². The summed E-state index contributed by atoms with van der Waals surface area (Å²) in [5, 5.41) is 6.64. The number of carbonyl (C=O) groups excluding carboxylic acids is 1. The van der Waals surface area contributed by atoms with Gasteiger partial charge < -0.3 is 5.73 Å². The first-order valence-corrected chi connectivity index (χ1v) is 5.03. The molecule has 0 aromatic carbocycles. The lowest BCUT2D eigenvalue weighted by atomic mass is 9.68. The highest BCUT2D eigenvalue weighted by Crippen LogP contribution is 2.40. The minimum Gasteiger partial charge on any atom is -0.329 e. The van der Waals surface area contributed by atoms with Crippen molar-refractivity contribution in [2.45, 2.75) is 19.3 Å². The Balaban J connectivity index is 2.07. The van der Waals surface area contributed by atoms with Crippen LogP contribution in [0.5, 0.6) is 0 Å². The van der Waals surface area contributed by atoms with E-state index in [1.807, 2.05) is 0 Å². The highest BCUT2D eigenvalue weighted by molar-refractivity contribution is 5.94. The number of hydrogen-bond donors (Lipinski definition) is 2. The van der Waals surface area contributed by atoms with Crippen LogP contribution >= 0.6 is 0 Å². The molecule has 3 N–H and O–H groups in total. The number of aromatic nitrogens is 3. The van der Waals surface area contributed by atoms with E-state index in [4.69, 9.17) is 5.73 Å². The monoisotopic (exact) mass is 209 g/mol. The minimum atomic E-state index is -0.369. The average Bonchev–Trinajstić information content (AvgIpc) is 2.51. The topological polar surface area (TPSA) is 85.8 Å². The van der Waals surface area contributed by atoms with Crippen LogP contribution in [0, 0.1) is 5.41 Å². The van der Waals surface area contributed by atoms with E-state index in [0.717, 1.165) is 19.3 Å². The molecule has 1 aliphatic rings. The summed E-state index contributed by atoms with van der Waals surface area (Å²) in [5.74, 6) is 0.437. The second kappa shape index (κ2) is 3.62. The Labute approximate surface area is 87.9 Å². The molecular weight excluding hydrogens is 194 g/mol. The zero-order chi connectivity index (χ0) is 10.9. The van der Waals surface area contributed by atoms with E-state index in [2.05, 4.69) is 15.4 Å². The van der Waals surface area contributed by atoms with Gasteiger partial charge in [0.25, 0.3) is 0 Å². The molecule has 0 saturated heterocycles. The average molecular weight is 209 g/mol. The molecule has 1 saturated carbocycles. The van der Waals surface area contributed by atoms with Crippen LogP contribution < -0.4 is 11.1 Å². The van der Waals surface area contributed by atoms with Crippen molar-refractivity contribution in [2.75, 3.05) is 11.9 Å². The van der Waals surface area contributed by atoms with Crippen LogP contribution in [0.15, 0.2) is 6.33 Å². The van der Waals surface area contributed by atoms with Gasteiger partial charge in [-0.15, -0.1) is 0 Å². The van der Waals surface area contributed by atoms with Crippen molar-refractivity contribution >= 4 is 11.9 Å². The predicted octanol–water partition coefficient (Wildman–Crippen LogP) is -0.117. The third kappa shape index (κ3) is 1.61. The molecule has 0 radical (unpaired) electrons. The van der Waals surface area contributed by atoms with Gasteiger partial charge in [-0.1, -0.05) is 6.42 Å². The molecule has 1 aliphatic carbocycles. The van der Waals surface area contributed by atoms with Gasteiger partial charge in [-0.05, 0) is 12.8 Å². The van der Waals surface area contributed by atoms with Gasteiger partial charge in [-0.2, -0.15) is 10.1 Å². The zero-order valence-corrected chi connectivity index (χ0v) is 8.73. The Hall–Kier alpha value is -1.43. The maximum atomic E-state index is 11.9. The number of anilines is 1. The molecule has 1 amide bonds. The number of nitrogens with one attached hydrogen (secondary N) is 1. The van der Waals surface area contributed by atoms with Crippen LogP contribution in [0.4, 0.5) is 5.95 Å². The number of hydrogen-bond acceptors (Lipinski definition) is 4. The van der Waals surface area contributed by atoms with E-state index in [1.54, 1.807) is 7.05 Å². The number of nitrogens with zero attached hydrogens (tertiary/aromatic N) is 3. The Morgan fingerprint density at radius 1 is 1.73 bits per heavy atom. The SMILES string of the molecule is Cn1ncnc1NC(=O)C1(CN)CCC1. The smallest absolute Gasteiger partial charge is 0.234 e. The lowest BCUT2D eigenvalue weighted by Crippen LogP contribution is -2.47. The summed E-state index contributed by atoms with van der Waals surface area (Å²) in [4.78, 5) is 15.9. The summed E-state index contributed by atoms with van der Waals surface area (Å²) in [7, 11) is 1.73. The van der Waals surface area contributed by atoms with Crippen molar-refractivity contribution in [3.63, 3.8) is 0 Å². The molecule has 1 aromatic rings. The maximum Gasteiger partial charge on any atom is 0.234 e. The van der Waals surface area contributed by atoms with Crippen molar-refractivity contribution in [2.24, 2.45) is 18.2 Å². The zero-order valence-electron chi connectivity index (χ0n) is 8.73. The van der Waals surface area contributed by atoms with Crippen LogP contribution in [0.1, 0.15) is 19.3 Å². The molecule has 0 aliphatic heterocycles. The Morgan fingerprint density at radius 3 is 2.87 bits per heavy atom. The number of amides is 1. The van der Waals surface area contributed by atoms with E-state index in [9.17, 15) is 4.79 Å². The third-order valence-electron chi connectivity index (χ3n) is 3.12. The van der Waals surface area contributed by atoms with Gasteiger partial charge in [0.05, 0.1) is 5.41 Å². The molecule has 6 nitrogen and oxygen atoms in total. The second-order valence-electron chi connectivity index (χ2n) is 4.00. The lowest BCUT2D eigenvalue weighted by Gasteiger charge is -2.38. The Bertz CT molecular complexity index is 363. The number of aryl methyl sites for hydroxylation is 1. The molecular formula is C9H15N5O. The van der Waals surface area contributed by atoms with E-state index in [1.165, 1.54) is 11.0 Å². The van der Waals surface area contributed by atoms with Crippen LogP contribution in [-0.4, -0.2) is 27.2 Å². The third-order valence-corrected chi connectivity index (χ3v) is 3.12. The van der Waals surface area contributed by atoms with Gasteiger partial charge in [-0.3, -0.25) is 10.1 Å². The van der Waals surface area contributed by atoms with Gasteiger partial charge in [0.1, 0.15) is 6.33 Å². The Morgan fingerprint density at radius 2 is 2.47 bits per heavy atom. The number of rotatable bonds is 3. The van der Waals surface area contributed by atoms with Crippen LogP contribution in [0.2, 0.25) is 0 Å². The summed E-state index contributed by atoms with van der Waals surface area (Å²) in [6, 6.07) is 0. The molecule has 1 aromatic heterocycles. The molecule has 0 unspecified atom stereocenters. The van der Waals surface area contributed by atoms with E-state index < -0.39 is 0 Å². The quantitative estimate of drug-likeness (QED) is 0.726. The summed E-state index contributed by atoms with van der Waals surface area (Å²) < 4.78 is 1.53. The van der Waals surface area contributed by atoms with Crippen molar-refractivity contribution in [3.05, 3.63) is 6.33 Å². The molecule has 15 heavy (non-hydrogen) atoms. The largest absolute Gasteiger partial charge is 0.329 e. The standard InChI is InChI=1S/C9H15N5O/c1-14-8(11-6-12-14)13-7(15)9(5-10)3-2-4-9/h6H,2-5,10H2,1H3,(H,11,12,13,15). The first-order valence-electron chi connectivity index (χ1n) is 5.03. The van der Waals surface area contributed by atoms with Crippen LogP contribution in [-0.2, 0) is 11.8 Å². The Kier molecular flexibility index (Phi) is 2.44. The predicted molar refractivity (Wildman–Crippen MR) is 55.0 cm³/mol. The number of nitrogens with two attached hydrogens (primary N) is 1. The molecule has 0 bridgehead atoms. The summed E-state index contributed by atoms with van der Waals surface area (Å²) in [6.45, 7) is 0.399. The fourth-order valence-corrected chi connectivity index (χ4v) is 1.77. The lowest BCUT2D eigenvalue weighted by molar-refractivity contribution is -0.129. The first-order chi connectivity index (χ1) is 7.18. The van der Waals surface area contributed by atoms with Crippen molar-refractivity contribution in [3.8, 4) is 0 Å². The van der Waals surface area contributed by atoms with Crippen LogP contribution in [0.3, 0.4) is 0 Å². The van der Waals surface area contributed by atoms with Gasteiger partial charge >= 0.3 is 0 Å². The second-order valence-corrected chi connectivity index (χ2v) is 4.00. The van der Waals surface area contributed by atoms with E-state index in [0.29, 0.717) is 12.5 Å². The maximum absolute atomic E-state index is 11.9. The molecule has 2 rings (SSSR count). The molecule has 82 valence electrons. The fourth-order valence-electron chi connectivity index (χ4n) is 1.77. The van der Waals surface area contributed by atoms with Gasteiger partial charge in [0, 0.05) is 13.6 Å². The van der Waals surface area contributed by atoms with E-state index >= 15 is 0 Å². The van der Waals surface area contributed by atoms with Gasteiger partial charge in [0.2, 0.25) is 11.9 Å². The van der Waals surface area contributed by atoms with Crippen molar-refractivity contribution < 1.29 is 4.79 Å². The first kappa shape index (κ1) is 10.1.